The molecule has 0 radical (unpaired) electrons. The predicted octanol–water partition coefficient (Wildman–Crippen LogP) is 2.68. The summed E-state index contributed by atoms with van der Waals surface area (Å²) in [6.45, 7) is 1.96. The molecule has 0 bridgehead atoms. The van der Waals surface area contributed by atoms with Crippen molar-refractivity contribution in [2.75, 3.05) is 6.54 Å². The molecule has 3 aliphatic rings. The second-order valence-corrected chi connectivity index (χ2v) is 8.30. The number of benzene rings is 1. The first-order valence-corrected chi connectivity index (χ1v) is 10.00. The summed E-state index contributed by atoms with van der Waals surface area (Å²) < 4.78 is 0. The molecule has 6 nitrogen and oxygen atoms in total. The molecule has 27 heavy (non-hydrogen) atoms. The van der Waals surface area contributed by atoms with Gasteiger partial charge < -0.3 is 10.6 Å². The fraction of sp³-hybridized carbons (Fsp3) is 0.571. The highest BCUT2D eigenvalue weighted by molar-refractivity contribution is 6.09. The number of amides is 4. The lowest BCUT2D eigenvalue weighted by molar-refractivity contribution is -0.136. The molecule has 6 heteroatoms. The minimum absolute atomic E-state index is 0.0484. The first kappa shape index (κ1) is 18.0. The second-order valence-electron chi connectivity index (χ2n) is 8.30. The van der Waals surface area contributed by atoms with E-state index in [9.17, 15) is 14.4 Å². The zero-order valence-electron chi connectivity index (χ0n) is 15.8. The molecule has 2 N–H and O–H groups in total. The number of nitrogens with zero attached hydrogens (tertiary/aromatic N) is 1. The van der Waals surface area contributed by atoms with Gasteiger partial charge >= 0.3 is 6.03 Å². The van der Waals surface area contributed by atoms with Crippen molar-refractivity contribution in [2.24, 2.45) is 5.92 Å². The predicted molar refractivity (Wildman–Crippen MR) is 101 cm³/mol. The fourth-order valence-electron chi connectivity index (χ4n) is 4.70. The van der Waals surface area contributed by atoms with Crippen molar-refractivity contribution >= 4 is 17.8 Å². The Labute approximate surface area is 159 Å². The number of rotatable bonds is 3. The summed E-state index contributed by atoms with van der Waals surface area (Å²) >= 11 is 0. The van der Waals surface area contributed by atoms with Crippen LogP contribution in [0.15, 0.2) is 24.3 Å². The van der Waals surface area contributed by atoms with Gasteiger partial charge in [0.15, 0.2) is 0 Å². The molecule has 1 unspecified atom stereocenters. The van der Waals surface area contributed by atoms with Crippen LogP contribution in [0, 0.1) is 5.92 Å². The highest BCUT2D eigenvalue weighted by Crippen LogP contribution is 2.36. The molecule has 1 spiro atoms. The average Bonchev–Trinajstić information content (AvgIpc) is 2.89. The number of nitrogens with one attached hydrogen (secondary N) is 2. The zero-order valence-corrected chi connectivity index (χ0v) is 15.8. The molecule has 1 saturated heterocycles. The number of carbonyl (C=O) groups excluding carboxylic acids is 3. The molecule has 1 aromatic rings. The first-order chi connectivity index (χ1) is 13.0. The molecule has 1 heterocycles. The molecule has 1 atom stereocenters. The highest BCUT2D eigenvalue weighted by atomic mass is 16.2. The number of hydrogen-bond donors (Lipinski definition) is 2. The Morgan fingerprint density at radius 1 is 1.22 bits per heavy atom. The van der Waals surface area contributed by atoms with Crippen molar-refractivity contribution in [3.63, 3.8) is 0 Å². The quantitative estimate of drug-likeness (QED) is 0.804. The van der Waals surface area contributed by atoms with Gasteiger partial charge in [-0.05, 0) is 62.0 Å². The van der Waals surface area contributed by atoms with Crippen LogP contribution in [0.1, 0.15) is 62.6 Å². The first-order valence-electron chi connectivity index (χ1n) is 10.00. The van der Waals surface area contributed by atoms with E-state index in [1.165, 1.54) is 5.56 Å². The summed E-state index contributed by atoms with van der Waals surface area (Å²) in [6, 6.07) is 7.65. The highest BCUT2D eigenvalue weighted by Gasteiger charge is 2.52. The van der Waals surface area contributed by atoms with Crippen molar-refractivity contribution in [3.8, 4) is 0 Å². The standard InChI is InChI=1S/C21H27N3O3/c1-14-9-11-21(12-10-14)19(26)24(20(27)23-21)13-18(25)22-17-8-4-6-15-5-2-3-7-16(15)17/h2-3,5,7,14,17H,4,6,8-13H2,1H3,(H,22,25)(H,23,27). The maximum Gasteiger partial charge on any atom is 0.325 e. The summed E-state index contributed by atoms with van der Waals surface area (Å²) in [7, 11) is 0. The largest absolute Gasteiger partial charge is 0.348 e. The third-order valence-electron chi connectivity index (χ3n) is 6.38. The van der Waals surface area contributed by atoms with Crippen LogP contribution in [-0.4, -0.2) is 34.8 Å². The van der Waals surface area contributed by atoms with E-state index in [-0.39, 0.29) is 24.4 Å². The van der Waals surface area contributed by atoms with Crippen LogP contribution >= 0.6 is 0 Å². The summed E-state index contributed by atoms with van der Waals surface area (Å²) in [5, 5.41) is 5.90. The van der Waals surface area contributed by atoms with Crippen molar-refractivity contribution < 1.29 is 14.4 Å². The minimum Gasteiger partial charge on any atom is -0.348 e. The lowest BCUT2D eigenvalue weighted by atomic mass is 9.77. The maximum atomic E-state index is 12.9. The average molecular weight is 369 g/mol. The van der Waals surface area contributed by atoms with Gasteiger partial charge in [-0.15, -0.1) is 0 Å². The molecule has 4 rings (SSSR count). The summed E-state index contributed by atoms with van der Waals surface area (Å²) in [4.78, 5) is 39.0. The monoisotopic (exact) mass is 369 g/mol. The summed E-state index contributed by atoms with van der Waals surface area (Å²) in [5.74, 6) is 0.0593. The molecule has 2 fully saturated rings. The number of carbonyl (C=O) groups is 3. The van der Waals surface area contributed by atoms with Crippen molar-refractivity contribution in [3.05, 3.63) is 35.4 Å². The summed E-state index contributed by atoms with van der Waals surface area (Å²) in [6.07, 6.45) is 6.09. The maximum absolute atomic E-state index is 12.9. The van der Waals surface area contributed by atoms with E-state index in [2.05, 4.69) is 23.6 Å². The van der Waals surface area contributed by atoms with Crippen molar-refractivity contribution in [1.82, 2.24) is 15.5 Å². The number of aryl methyl sites for hydroxylation is 1. The van der Waals surface area contributed by atoms with E-state index >= 15 is 0 Å². The summed E-state index contributed by atoms with van der Waals surface area (Å²) in [5.41, 5.74) is 1.62. The van der Waals surface area contributed by atoms with Gasteiger partial charge in [-0.1, -0.05) is 31.2 Å². The molecule has 1 aliphatic heterocycles. The molecular formula is C21H27N3O3. The molecule has 144 valence electrons. The van der Waals surface area contributed by atoms with Crippen LogP contribution in [0.25, 0.3) is 0 Å². The molecular weight excluding hydrogens is 342 g/mol. The Bertz CT molecular complexity index is 768. The van der Waals surface area contributed by atoms with Crippen LogP contribution in [0.2, 0.25) is 0 Å². The van der Waals surface area contributed by atoms with Gasteiger partial charge in [-0.3, -0.25) is 14.5 Å². The molecule has 1 aromatic carbocycles. The number of imide groups is 1. The van der Waals surface area contributed by atoms with Gasteiger partial charge in [-0.2, -0.15) is 0 Å². The lowest BCUT2D eigenvalue weighted by Crippen LogP contribution is -2.50. The van der Waals surface area contributed by atoms with Crippen LogP contribution < -0.4 is 10.6 Å². The van der Waals surface area contributed by atoms with E-state index in [1.807, 2.05) is 18.2 Å². The zero-order chi connectivity index (χ0) is 19.0. The van der Waals surface area contributed by atoms with Crippen LogP contribution in [0.3, 0.4) is 0 Å². The SMILES string of the molecule is CC1CCC2(CC1)NC(=O)N(CC(=O)NC1CCCc3ccccc31)C2=O. The van der Waals surface area contributed by atoms with E-state index < -0.39 is 11.6 Å². The van der Waals surface area contributed by atoms with Crippen LogP contribution in [-0.2, 0) is 16.0 Å². The number of fused-ring (bicyclic) bond motifs is 1. The van der Waals surface area contributed by atoms with Gasteiger partial charge in [0.25, 0.3) is 5.91 Å². The van der Waals surface area contributed by atoms with E-state index in [0.717, 1.165) is 42.6 Å². The van der Waals surface area contributed by atoms with E-state index in [1.54, 1.807) is 0 Å². The smallest absolute Gasteiger partial charge is 0.325 e. The Morgan fingerprint density at radius 2 is 1.96 bits per heavy atom. The third kappa shape index (κ3) is 3.33. The van der Waals surface area contributed by atoms with Crippen LogP contribution in [0.4, 0.5) is 4.79 Å². The Kier molecular flexibility index (Phi) is 4.66. The second kappa shape index (κ2) is 6.98. The van der Waals surface area contributed by atoms with Crippen molar-refractivity contribution in [1.29, 1.82) is 0 Å². The van der Waals surface area contributed by atoms with E-state index in [0.29, 0.717) is 18.8 Å². The minimum atomic E-state index is -0.790. The third-order valence-corrected chi connectivity index (χ3v) is 6.38. The Balaban J connectivity index is 1.42. The van der Waals surface area contributed by atoms with Gasteiger partial charge in [0, 0.05) is 0 Å². The van der Waals surface area contributed by atoms with Gasteiger partial charge in [-0.25, -0.2) is 4.79 Å². The van der Waals surface area contributed by atoms with Gasteiger partial charge in [0.1, 0.15) is 12.1 Å². The van der Waals surface area contributed by atoms with E-state index in [4.69, 9.17) is 0 Å². The molecule has 1 saturated carbocycles. The topological polar surface area (TPSA) is 78.5 Å². The number of urea groups is 1. The molecule has 0 aromatic heterocycles. The van der Waals surface area contributed by atoms with Gasteiger partial charge in [0.2, 0.25) is 5.91 Å². The molecule has 4 amide bonds. The normalized spacial score (nSPS) is 30.2. The van der Waals surface area contributed by atoms with Crippen LogP contribution in [0.5, 0.6) is 0 Å². The Hall–Kier alpha value is -2.37. The number of hydrogen-bond acceptors (Lipinski definition) is 3. The van der Waals surface area contributed by atoms with Gasteiger partial charge in [0.05, 0.1) is 6.04 Å². The van der Waals surface area contributed by atoms with Crippen molar-refractivity contribution in [2.45, 2.75) is 63.5 Å². The Morgan fingerprint density at radius 3 is 2.74 bits per heavy atom. The fourth-order valence-corrected chi connectivity index (χ4v) is 4.70. The lowest BCUT2D eigenvalue weighted by Gasteiger charge is -2.33. The molecule has 2 aliphatic carbocycles.